The lowest BCUT2D eigenvalue weighted by Crippen LogP contribution is -2.40. The van der Waals surface area contributed by atoms with Crippen LogP contribution in [-0.4, -0.2) is 46.6 Å². The van der Waals surface area contributed by atoms with Crippen molar-refractivity contribution in [2.24, 2.45) is 10.9 Å². The second kappa shape index (κ2) is 14.9. The van der Waals surface area contributed by atoms with E-state index in [-0.39, 0.29) is 23.7 Å². The summed E-state index contributed by atoms with van der Waals surface area (Å²) < 4.78 is 20.1. The van der Waals surface area contributed by atoms with Gasteiger partial charge in [-0.05, 0) is 79.4 Å². The molecule has 3 aromatic carbocycles. The molecule has 2 aromatic heterocycles. The first kappa shape index (κ1) is 34.3. The number of thiazole rings is 1. The number of rotatable bonds is 11. The highest BCUT2D eigenvalue weighted by Crippen LogP contribution is 2.32. The largest absolute Gasteiger partial charge is 0.494 e. The first-order valence-corrected chi connectivity index (χ1v) is 17.3. The Morgan fingerprint density at radius 2 is 1.70 bits per heavy atom. The predicted octanol–water partition coefficient (Wildman–Crippen LogP) is 5.86. The first-order valence-electron chi connectivity index (χ1n) is 16.4. The number of allylic oxidation sites excluding steroid dienone is 1. The van der Waals surface area contributed by atoms with Crippen LogP contribution in [0.2, 0.25) is 0 Å². The molecule has 11 heteroatoms. The number of hydrogen-bond donors (Lipinski definition) is 0. The van der Waals surface area contributed by atoms with Gasteiger partial charge in [-0.2, -0.15) is 5.10 Å². The minimum Gasteiger partial charge on any atom is -0.494 e. The van der Waals surface area contributed by atoms with E-state index in [1.807, 2.05) is 80.7 Å². The highest BCUT2D eigenvalue weighted by molar-refractivity contribution is 7.07. The van der Waals surface area contributed by atoms with Gasteiger partial charge in [0.25, 0.3) is 5.56 Å². The lowest BCUT2D eigenvalue weighted by atomic mass is 9.95. The van der Waals surface area contributed by atoms with Gasteiger partial charge in [0.1, 0.15) is 11.4 Å². The normalized spacial score (nSPS) is 14.4. The Hall–Kier alpha value is -5.55. The summed E-state index contributed by atoms with van der Waals surface area (Å²) in [6.45, 7) is 8.55. The number of nitrogens with zero attached hydrogens (tertiary/aromatic N) is 4. The van der Waals surface area contributed by atoms with Crippen LogP contribution in [0, 0.1) is 5.92 Å². The molecule has 0 N–H and O–H groups in total. The Labute approximate surface area is 293 Å². The molecule has 6 rings (SSSR count). The Bertz CT molecular complexity index is 2230. The first-order chi connectivity index (χ1) is 24.2. The van der Waals surface area contributed by atoms with Gasteiger partial charge in [-0.1, -0.05) is 62.4 Å². The SMILES string of the molecule is CCCOc1ccc(-c2nn(-c3ccccc3)cc2/C=c2\sc3n(c2=O)[C@H](c2ccc(C(=O)OC)cc2)C(C(=O)OCC(C)C)=C(C)N=3)cc1. The molecule has 256 valence electrons. The minimum absolute atomic E-state index is 0.116. The third-order valence-electron chi connectivity index (χ3n) is 8.09. The number of carbonyl (C=O) groups is 2. The highest BCUT2D eigenvalue weighted by Gasteiger charge is 2.34. The standard InChI is InChI=1S/C39H38N4O6S/c1-6-20-48-31-18-16-26(17-19-31)34-29(22-42(41-34)30-10-8-7-9-11-30)21-32-36(44)43-35(27-12-14-28(15-13-27)37(45)47-5)33(25(4)40-39(43)50-32)38(46)49-23-24(2)3/h7-19,21-22,24,35H,6,20,23H2,1-5H3/b32-21-/t35-/m1/s1. The number of hydrogen-bond acceptors (Lipinski definition) is 9. The summed E-state index contributed by atoms with van der Waals surface area (Å²) in [5, 5.41) is 4.93. The van der Waals surface area contributed by atoms with Crippen LogP contribution in [0.3, 0.4) is 0 Å². The lowest BCUT2D eigenvalue weighted by molar-refractivity contribution is -0.140. The summed E-state index contributed by atoms with van der Waals surface area (Å²) in [4.78, 5) is 45.4. The molecule has 1 aliphatic rings. The third kappa shape index (κ3) is 7.09. The molecule has 3 heterocycles. The number of aromatic nitrogens is 3. The van der Waals surface area contributed by atoms with Crippen molar-refractivity contribution in [2.45, 2.75) is 40.2 Å². The average molecular weight is 691 g/mol. The van der Waals surface area contributed by atoms with Crippen molar-refractivity contribution in [3.05, 3.63) is 133 Å². The van der Waals surface area contributed by atoms with Gasteiger partial charge < -0.3 is 14.2 Å². The molecule has 0 saturated heterocycles. The van der Waals surface area contributed by atoms with Gasteiger partial charge in [-0.25, -0.2) is 19.3 Å². The number of benzene rings is 3. The molecule has 1 aliphatic heterocycles. The minimum atomic E-state index is -0.832. The van der Waals surface area contributed by atoms with E-state index in [1.54, 1.807) is 35.9 Å². The quantitative estimate of drug-likeness (QED) is 0.160. The average Bonchev–Trinajstić information content (AvgIpc) is 3.69. The smallest absolute Gasteiger partial charge is 0.338 e. The molecule has 50 heavy (non-hydrogen) atoms. The Balaban J connectivity index is 1.50. The van der Waals surface area contributed by atoms with Crippen LogP contribution in [0.4, 0.5) is 0 Å². The van der Waals surface area contributed by atoms with Crippen molar-refractivity contribution >= 4 is 29.4 Å². The van der Waals surface area contributed by atoms with Crippen molar-refractivity contribution in [3.8, 4) is 22.7 Å². The van der Waals surface area contributed by atoms with E-state index in [0.29, 0.717) is 38.5 Å². The molecule has 0 spiro atoms. The van der Waals surface area contributed by atoms with Crippen LogP contribution < -0.4 is 19.6 Å². The van der Waals surface area contributed by atoms with E-state index in [9.17, 15) is 14.4 Å². The van der Waals surface area contributed by atoms with Gasteiger partial charge >= 0.3 is 11.9 Å². The van der Waals surface area contributed by atoms with E-state index in [0.717, 1.165) is 29.0 Å². The Morgan fingerprint density at radius 1 is 0.980 bits per heavy atom. The molecule has 10 nitrogen and oxygen atoms in total. The van der Waals surface area contributed by atoms with Gasteiger partial charge in [-0.3, -0.25) is 9.36 Å². The number of para-hydroxylation sites is 1. The Morgan fingerprint density at radius 3 is 2.36 bits per heavy atom. The maximum absolute atomic E-state index is 14.4. The van der Waals surface area contributed by atoms with Crippen molar-refractivity contribution in [2.75, 3.05) is 20.3 Å². The highest BCUT2D eigenvalue weighted by atomic mass is 32.1. The summed E-state index contributed by atoms with van der Waals surface area (Å²) in [5.74, 6) is -0.150. The van der Waals surface area contributed by atoms with Crippen LogP contribution in [0.1, 0.15) is 61.6 Å². The zero-order chi connectivity index (χ0) is 35.4. The number of ether oxygens (including phenoxy) is 3. The molecule has 0 radical (unpaired) electrons. The van der Waals surface area contributed by atoms with Gasteiger partial charge in [0.2, 0.25) is 0 Å². The number of methoxy groups -OCH3 is 1. The van der Waals surface area contributed by atoms with Crippen LogP contribution >= 0.6 is 11.3 Å². The summed E-state index contributed by atoms with van der Waals surface area (Å²) in [6, 6.07) is 23.3. The topological polar surface area (TPSA) is 114 Å². The van der Waals surface area contributed by atoms with Crippen molar-refractivity contribution in [1.29, 1.82) is 0 Å². The van der Waals surface area contributed by atoms with Gasteiger partial charge in [0.15, 0.2) is 4.80 Å². The lowest BCUT2D eigenvalue weighted by Gasteiger charge is -2.25. The Kier molecular flexibility index (Phi) is 10.2. The van der Waals surface area contributed by atoms with Crippen LogP contribution in [-0.2, 0) is 14.3 Å². The number of carbonyl (C=O) groups excluding carboxylic acids is 2. The second-order valence-electron chi connectivity index (χ2n) is 12.3. The van der Waals surface area contributed by atoms with Crippen molar-refractivity contribution in [3.63, 3.8) is 0 Å². The van der Waals surface area contributed by atoms with Gasteiger partial charge in [0, 0.05) is 17.3 Å². The summed E-state index contributed by atoms with van der Waals surface area (Å²) in [6.07, 6.45) is 4.62. The van der Waals surface area contributed by atoms with E-state index >= 15 is 0 Å². The zero-order valence-corrected chi connectivity index (χ0v) is 29.4. The molecule has 0 unspecified atom stereocenters. The van der Waals surface area contributed by atoms with Gasteiger partial charge in [0.05, 0.1) is 53.4 Å². The molecular formula is C39H38N4O6S. The van der Waals surface area contributed by atoms with E-state index < -0.39 is 18.0 Å². The molecule has 0 saturated carbocycles. The molecule has 0 fully saturated rings. The van der Waals surface area contributed by atoms with Crippen LogP contribution in [0.5, 0.6) is 5.75 Å². The fourth-order valence-electron chi connectivity index (χ4n) is 5.64. The van der Waals surface area contributed by atoms with E-state index in [4.69, 9.17) is 24.3 Å². The maximum atomic E-state index is 14.4. The van der Waals surface area contributed by atoms with Crippen molar-refractivity contribution in [1.82, 2.24) is 14.3 Å². The maximum Gasteiger partial charge on any atom is 0.338 e. The molecule has 1 atom stereocenters. The zero-order valence-electron chi connectivity index (χ0n) is 28.6. The fourth-order valence-corrected chi connectivity index (χ4v) is 6.68. The third-order valence-corrected chi connectivity index (χ3v) is 9.07. The van der Waals surface area contributed by atoms with Crippen molar-refractivity contribution < 1.29 is 23.8 Å². The fraction of sp³-hybridized carbons (Fsp3) is 0.256. The monoisotopic (exact) mass is 690 g/mol. The summed E-state index contributed by atoms with van der Waals surface area (Å²) in [7, 11) is 1.31. The van der Waals surface area contributed by atoms with E-state index in [1.165, 1.54) is 23.0 Å². The summed E-state index contributed by atoms with van der Waals surface area (Å²) >= 11 is 1.23. The second-order valence-corrected chi connectivity index (χ2v) is 13.3. The number of esters is 2. The molecule has 5 aromatic rings. The molecule has 0 aliphatic carbocycles. The molecule has 0 bridgehead atoms. The molecular weight excluding hydrogens is 653 g/mol. The van der Waals surface area contributed by atoms with Gasteiger partial charge in [-0.15, -0.1) is 0 Å². The van der Waals surface area contributed by atoms with Crippen LogP contribution in [0.25, 0.3) is 23.0 Å². The predicted molar refractivity (Wildman–Crippen MR) is 192 cm³/mol. The summed E-state index contributed by atoms with van der Waals surface area (Å²) in [5.41, 5.74) is 4.51. The molecule has 0 amide bonds. The van der Waals surface area contributed by atoms with E-state index in [2.05, 4.69) is 6.92 Å². The number of fused-ring (bicyclic) bond motifs is 1. The van der Waals surface area contributed by atoms with Crippen LogP contribution in [0.15, 0.2) is 106 Å².